The Balaban J connectivity index is 1.24. The molecule has 8 aromatic rings. The largest absolute Gasteiger partial charge is 0.439 e. The van der Waals surface area contributed by atoms with Crippen LogP contribution in [0, 0.1) is 0 Å². The van der Waals surface area contributed by atoms with Crippen LogP contribution in [-0.4, -0.2) is 9.97 Å². The van der Waals surface area contributed by atoms with Gasteiger partial charge in [0.25, 0.3) is 0 Å². The molecule has 272 valence electrons. The molecule has 8 rings (SSSR count). The average Bonchev–Trinajstić information content (AvgIpc) is 3.65. The summed E-state index contributed by atoms with van der Waals surface area (Å²) < 4.78 is 7.25. The average molecular weight is 757 g/mol. The fourth-order valence-electron chi connectivity index (χ4n) is 6.59. The van der Waals surface area contributed by atoms with Crippen LogP contribution in [0.3, 0.4) is 0 Å². The van der Waals surface area contributed by atoms with Crippen LogP contribution in [0.5, 0.6) is 11.6 Å². The summed E-state index contributed by atoms with van der Waals surface area (Å²) in [7, 11) is 0. The van der Waals surface area contributed by atoms with Gasteiger partial charge in [-0.2, -0.15) is 0 Å². The smallest absolute Gasteiger partial charge is 0.219 e. The molecule has 5 nitrogen and oxygen atoms in total. The molecule has 0 N–H and O–H groups in total. The lowest BCUT2D eigenvalue weighted by molar-refractivity contribution is 0.463. The number of rotatable bonds is 11. The van der Waals surface area contributed by atoms with Crippen molar-refractivity contribution in [2.75, 3.05) is 9.80 Å². The first-order valence-electron chi connectivity index (χ1n) is 18.4. The number of nitrogens with zero attached hydrogens (tertiary/aromatic N) is 4. The maximum absolute atomic E-state index is 7.74. The molecule has 7 heteroatoms. The number of hydrogen-bond acceptors (Lipinski definition) is 6. The highest BCUT2D eigenvalue weighted by molar-refractivity contribution is 7.21. The van der Waals surface area contributed by atoms with Gasteiger partial charge >= 0.3 is 0 Å². The standard InChI is InChI=1S/C48H41ClN4OS/c1-48(2,3)37-30-42(52(32-34-14-6-4-7-15-34)38-23-21-36(22-24-38)47-51-41-18-10-11-19-44(41)55-47)46(49)43(31-37)53(33-35-16-8-5-9-17-35)39-25-27-40(28-26-39)54-45-20-12-13-29-50-45/h4-31H,32-33H2,1-3H3. The van der Waals surface area contributed by atoms with E-state index in [1.54, 1.807) is 17.5 Å². The number of fused-ring (bicyclic) bond motifs is 1. The van der Waals surface area contributed by atoms with Gasteiger partial charge in [0, 0.05) is 42.3 Å². The summed E-state index contributed by atoms with van der Waals surface area (Å²) in [5.41, 5.74) is 9.37. The first kappa shape index (κ1) is 36.0. The quantitative estimate of drug-likeness (QED) is 0.131. The second-order valence-electron chi connectivity index (χ2n) is 14.5. The summed E-state index contributed by atoms with van der Waals surface area (Å²) >= 11 is 9.45. The number of benzene rings is 6. The molecule has 0 aliphatic rings. The van der Waals surface area contributed by atoms with Crippen molar-refractivity contribution in [2.24, 2.45) is 0 Å². The van der Waals surface area contributed by atoms with Crippen LogP contribution in [-0.2, 0) is 18.5 Å². The Morgan fingerprint density at radius 1 is 0.618 bits per heavy atom. The Morgan fingerprint density at radius 2 is 1.16 bits per heavy atom. The molecule has 0 atom stereocenters. The SMILES string of the molecule is CC(C)(C)c1cc(N(Cc2ccccc2)c2ccc(Oc3ccccn3)cc2)c(Cl)c(N(Cc2ccccc2)c2ccc(-c3nc4ccccc4s3)cc2)c1. The van der Waals surface area contributed by atoms with Crippen LogP contribution >= 0.6 is 22.9 Å². The molecule has 0 bridgehead atoms. The molecule has 0 spiro atoms. The Morgan fingerprint density at radius 3 is 1.71 bits per heavy atom. The van der Waals surface area contributed by atoms with Crippen molar-refractivity contribution in [3.63, 3.8) is 0 Å². The molecular weight excluding hydrogens is 716 g/mol. The van der Waals surface area contributed by atoms with Crippen LogP contribution in [0.2, 0.25) is 5.02 Å². The Kier molecular flexibility index (Phi) is 10.4. The number of thiazole rings is 1. The van der Waals surface area contributed by atoms with Gasteiger partial charge in [0.1, 0.15) is 10.8 Å². The maximum Gasteiger partial charge on any atom is 0.219 e. The van der Waals surface area contributed by atoms with Gasteiger partial charge < -0.3 is 14.5 Å². The third-order valence-corrected chi connectivity index (χ3v) is 11.0. The second kappa shape index (κ2) is 15.8. The highest BCUT2D eigenvalue weighted by Gasteiger charge is 2.26. The monoisotopic (exact) mass is 756 g/mol. The zero-order chi connectivity index (χ0) is 37.8. The van der Waals surface area contributed by atoms with Crippen LogP contribution in [0.15, 0.2) is 170 Å². The van der Waals surface area contributed by atoms with Crippen LogP contribution in [0.1, 0.15) is 37.5 Å². The lowest BCUT2D eigenvalue weighted by atomic mass is 9.86. The number of pyridine rings is 1. The van der Waals surface area contributed by atoms with E-state index in [0.29, 0.717) is 29.7 Å². The molecule has 0 radical (unpaired) electrons. The van der Waals surface area contributed by atoms with Crippen molar-refractivity contribution < 1.29 is 4.74 Å². The van der Waals surface area contributed by atoms with Gasteiger partial charge in [-0.15, -0.1) is 11.3 Å². The van der Waals surface area contributed by atoms with Gasteiger partial charge in [0.05, 0.1) is 26.6 Å². The minimum absolute atomic E-state index is 0.165. The Bertz CT molecular complexity index is 2470. The van der Waals surface area contributed by atoms with Crippen molar-refractivity contribution >= 4 is 55.9 Å². The van der Waals surface area contributed by atoms with Crippen molar-refractivity contribution in [2.45, 2.75) is 39.3 Å². The van der Waals surface area contributed by atoms with Crippen LogP contribution in [0.4, 0.5) is 22.7 Å². The highest BCUT2D eigenvalue weighted by Crippen LogP contribution is 2.46. The Labute approximate surface area is 332 Å². The highest BCUT2D eigenvalue weighted by atomic mass is 35.5. The predicted molar refractivity (Wildman–Crippen MR) is 231 cm³/mol. The molecule has 2 heterocycles. The summed E-state index contributed by atoms with van der Waals surface area (Å²) in [6.45, 7) is 8.01. The summed E-state index contributed by atoms with van der Waals surface area (Å²) in [6, 6.07) is 56.4. The van der Waals surface area contributed by atoms with Crippen molar-refractivity contribution in [1.29, 1.82) is 0 Å². The van der Waals surface area contributed by atoms with Gasteiger partial charge in [-0.3, -0.25) is 0 Å². The van der Waals surface area contributed by atoms with E-state index < -0.39 is 0 Å². The van der Waals surface area contributed by atoms with Gasteiger partial charge in [-0.25, -0.2) is 9.97 Å². The molecule has 0 fully saturated rings. The van der Waals surface area contributed by atoms with Gasteiger partial charge in [0.15, 0.2) is 0 Å². The number of halogens is 1. The van der Waals surface area contributed by atoms with E-state index in [0.717, 1.165) is 38.8 Å². The third kappa shape index (κ3) is 8.26. The van der Waals surface area contributed by atoms with E-state index in [2.05, 4.69) is 157 Å². The van der Waals surface area contributed by atoms with Crippen molar-refractivity contribution in [3.05, 3.63) is 192 Å². The molecule has 0 amide bonds. The molecule has 0 saturated carbocycles. The van der Waals surface area contributed by atoms with Gasteiger partial charge in [-0.05, 0) is 101 Å². The van der Waals surface area contributed by atoms with Crippen molar-refractivity contribution in [1.82, 2.24) is 9.97 Å². The zero-order valence-electron chi connectivity index (χ0n) is 31.1. The zero-order valence-corrected chi connectivity index (χ0v) is 32.6. The van der Waals surface area contributed by atoms with E-state index in [9.17, 15) is 0 Å². The van der Waals surface area contributed by atoms with E-state index >= 15 is 0 Å². The molecular formula is C48H41ClN4OS. The third-order valence-electron chi connectivity index (χ3n) is 9.58. The Hall–Kier alpha value is -5.95. The normalized spacial score (nSPS) is 11.4. The molecule has 55 heavy (non-hydrogen) atoms. The molecule has 6 aromatic carbocycles. The first-order valence-corrected chi connectivity index (χ1v) is 19.6. The summed E-state index contributed by atoms with van der Waals surface area (Å²) in [6.07, 6.45) is 1.73. The number of ether oxygens (including phenoxy) is 1. The summed E-state index contributed by atoms with van der Waals surface area (Å²) in [5.74, 6) is 1.26. The fraction of sp³-hybridized carbons (Fsp3) is 0.125. The van der Waals surface area contributed by atoms with E-state index in [-0.39, 0.29) is 5.41 Å². The minimum Gasteiger partial charge on any atom is -0.439 e. The topological polar surface area (TPSA) is 41.5 Å². The van der Waals surface area contributed by atoms with Crippen LogP contribution < -0.4 is 14.5 Å². The predicted octanol–water partition coefficient (Wildman–Crippen LogP) is 13.8. The minimum atomic E-state index is -0.165. The summed E-state index contributed by atoms with van der Waals surface area (Å²) in [5, 5.41) is 1.68. The number of aromatic nitrogens is 2. The molecule has 2 aromatic heterocycles. The van der Waals surface area contributed by atoms with Crippen LogP contribution in [0.25, 0.3) is 20.8 Å². The van der Waals surface area contributed by atoms with Crippen molar-refractivity contribution in [3.8, 4) is 22.2 Å². The fourth-order valence-corrected chi connectivity index (χ4v) is 7.87. The number of para-hydroxylation sites is 1. The van der Waals surface area contributed by atoms with E-state index in [4.69, 9.17) is 21.3 Å². The maximum atomic E-state index is 7.74. The van der Waals surface area contributed by atoms with Gasteiger partial charge in [-0.1, -0.05) is 111 Å². The lowest BCUT2D eigenvalue weighted by Gasteiger charge is -2.33. The second-order valence-corrected chi connectivity index (χ2v) is 15.9. The number of anilines is 4. The van der Waals surface area contributed by atoms with E-state index in [1.165, 1.54) is 21.4 Å². The molecule has 0 aliphatic heterocycles. The van der Waals surface area contributed by atoms with E-state index in [1.807, 2.05) is 42.5 Å². The first-order chi connectivity index (χ1) is 26.8. The lowest BCUT2D eigenvalue weighted by Crippen LogP contribution is -2.22. The summed E-state index contributed by atoms with van der Waals surface area (Å²) in [4.78, 5) is 13.9. The van der Waals surface area contributed by atoms with Gasteiger partial charge in [0.2, 0.25) is 5.88 Å². The molecule has 0 aliphatic carbocycles. The number of hydrogen-bond donors (Lipinski definition) is 0. The molecule has 0 unspecified atom stereocenters. The molecule has 0 saturated heterocycles.